The zero-order chi connectivity index (χ0) is 25.5. The van der Waals surface area contributed by atoms with Crippen molar-refractivity contribution in [1.29, 1.82) is 0 Å². The highest BCUT2D eigenvalue weighted by Gasteiger charge is 2.51. The van der Waals surface area contributed by atoms with Gasteiger partial charge < -0.3 is 29.2 Å². The molecule has 3 aliphatic heterocycles. The number of hydrogen-bond donors (Lipinski definition) is 1. The van der Waals surface area contributed by atoms with Gasteiger partial charge >= 0.3 is 0 Å². The van der Waals surface area contributed by atoms with Gasteiger partial charge in [-0.05, 0) is 47.2 Å². The van der Waals surface area contributed by atoms with E-state index in [1.165, 1.54) is 6.33 Å². The third-order valence-corrected chi connectivity index (χ3v) is 8.60. The summed E-state index contributed by atoms with van der Waals surface area (Å²) in [4.78, 5) is 13.8. The highest BCUT2D eigenvalue weighted by atomic mass is 79.9. The highest BCUT2D eigenvalue weighted by molar-refractivity contribution is 9.10. The average molecular weight is 591 g/mol. The summed E-state index contributed by atoms with van der Waals surface area (Å²) in [5.74, 6) is 1.84. The number of nitrogens with one attached hydrogen (secondary N) is 1. The summed E-state index contributed by atoms with van der Waals surface area (Å²) in [6.45, 7) is 5.33. The number of methoxy groups -OCH3 is 1. The number of halogens is 2. The van der Waals surface area contributed by atoms with E-state index in [2.05, 4.69) is 48.1 Å². The summed E-state index contributed by atoms with van der Waals surface area (Å²) in [6.07, 6.45) is 1.19. The second kappa shape index (κ2) is 10.5. The van der Waals surface area contributed by atoms with Crippen LogP contribution in [0.4, 0.5) is 11.5 Å². The molecule has 0 spiro atoms. The molecule has 3 aromatic rings. The van der Waals surface area contributed by atoms with Crippen molar-refractivity contribution in [3.63, 3.8) is 0 Å². The number of hydrogen-bond acceptors (Lipinski definition) is 9. The van der Waals surface area contributed by atoms with Gasteiger partial charge in [-0.15, -0.1) is 0 Å². The first-order valence-corrected chi connectivity index (χ1v) is 13.5. The summed E-state index contributed by atoms with van der Waals surface area (Å²) in [5, 5.41) is 4.74. The van der Waals surface area contributed by atoms with Crippen molar-refractivity contribution in [3.05, 3.63) is 46.2 Å². The van der Waals surface area contributed by atoms with Crippen molar-refractivity contribution in [2.24, 2.45) is 0 Å². The fourth-order valence-corrected chi connectivity index (χ4v) is 5.73. The SMILES string of the molecule is COc1cc2c(Nc3ccc(Br)c(Cl)c3)ncnc2cc1O[C@H]1CO[C@H]2[C@@H]1OC[C@@H]2N1CCN(C)CC1. The molecular weight excluding hydrogens is 562 g/mol. The molecule has 6 rings (SSSR count). The van der Waals surface area contributed by atoms with Crippen LogP contribution in [0.25, 0.3) is 10.9 Å². The fourth-order valence-electron chi connectivity index (χ4n) is 5.30. The van der Waals surface area contributed by atoms with Crippen molar-refractivity contribution in [3.8, 4) is 11.5 Å². The first kappa shape index (κ1) is 25.1. The predicted octanol–water partition coefficient (Wildman–Crippen LogP) is 3.96. The van der Waals surface area contributed by atoms with Gasteiger partial charge in [-0.25, -0.2) is 9.97 Å². The first-order valence-electron chi connectivity index (χ1n) is 12.4. The van der Waals surface area contributed by atoms with Crippen LogP contribution in [0.2, 0.25) is 5.02 Å². The van der Waals surface area contributed by atoms with Gasteiger partial charge in [-0.1, -0.05) is 11.6 Å². The second-order valence-electron chi connectivity index (χ2n) is 9.66. The minimum Gasteiger partial charge on any atom is -0.493 e. The number of benzene rings is 2. The van der Waals surface area contributed by atoms with E-state index >= 15 is 0 Å². The maximum Gasteiger partial charge on any atom is 0.164 e. The lowest BCUT2D eigenvalue weighted by Gasteiger charge is -2.37. The quantitative estimate of drug-likeness (QED) is 0.459. The molecule has 0 radical (unpaired) electrons. The van der Waals surface area contributed by atoms with Crippen molar-refractivity contribution in [2.75, 3.05) is 58.9 Å². The van der Waals surface area contributed by atoms with Crippen molar-refractivity contribution < 1.29 is 18.9 Å². The maximum absolute atomic E-state index is 6.45. The molecular formula is C26H29BrClN5O4. The molecule has 0 aliphatic carbocycles. The minimum atomic E-state index is -0.224. The Morgan fingerprint density at radius 1 is 1.03 bits per heavy atom. The van der Waals surface area contributed by atoms with Crippen LogP contribution in [-0.4, -0.2) is 97.7 Å². The lowest BCUT2D eigenvalue weighted by atomic mass is 10.1. The van der Waals surface area contributed by atoms with E-state index in [-0.39, 0.29) is 24.4 Å². The molecule has 196 valence electrons. The number of rotatable bonds is 6. The van der Waals surface area contributed by atoms with Crippen LogP contribution in [0.3, 0.4) is 0 Å². The van der Waals surface area contributed by atoms with E-state index in [4.69, 9.17) is 30.5 Å². The second-order valence-corrected chi connectivity index (χ2v) is 10.9. The molecule has 1 N–H and O–H groups in total. The molecule has 37 heavy (non-hydrogen) atoms. The molecule has 4 heterocycles. The van der Waals surface area contributed by atoms with Crippen molar-refractivity contribution in [1.82, 2.24) is 19.8 Å². The smallest absolute Gasteiger partial charge is 0.164 e. The number of fused-ring (bicyclic) bond motifs is 2. The summed E-state index contributed by atoms with van der Waals surface area (Å²) in [7, 11) is 3.79. The number of piperazine rings is 1. The summed E-state index contributed by atoms with van der Waals surface area (Å²) in [6, 6.07) is 9.68. The topological polar surface area (TPSA) is 81.2 Å². The van der Waals surface area contributed by atoms with E-state index in [1.807, 2.05) is 30.3 Å². The number of aromatic nitrogens is 2. The van der Waals surface area contributed by atoms with Gasteiger partial charge in [0, 0.05) is 47.8 Å². The van der Waals surface area contributed by atoms with Crippen LogP contribution in [0.15, 0.2) is 41.1 Å². The van der Waals surface area contributed by atoms with Gasteiger partial charge in [0.1, 0.15) is 24.4 Å². The molecule has 1 aromatic heterocycles. The number of nitrogens with zero attached hydrogens (tertiary/aromatic N) is 4. The van der Waals surface area contributed by atoms with Crippen LogP contribution >= 0.6 is 27.5 Å². The normalized spacial score (nSPS) is 26.4. The van der Waals surface area contributed by atoms with Gasteiger partial charge in [-0.3, -0.25) is 4.90 Å². The molecule has 0 unspecified atom stereocenters. The Hall–Kier alpha value is -2.21. The predicted molar refractivity (Wildman–Crippen MR) is 145 cm³/mol. The molecule has 0 saturated carbocycles. The van der Waals surface area contributed by atoms with Crippen molar-refractivity contribution in [2.45, 2.75) is 24.4 Å². The zero-order valence-corrected chi connectivity index (χ0v) is 23.0. The van der Waals surface area contributed by atoms with E-state index in [1.54, 1.807) is 7.11 Å². The fraction of sp³-hybridized carbons (Fsp3) is 0.462. The molecule has 3 saturated heterocycles. The van der Waals surface area contributed by atoms with Crippen LogP contribution in [0.1, 0.15) is 0 Å². The van der Waals surface area contributed by atoms with Gasteiger partial charge in [0.05, 0.1) is 36.9 Å². The average Bonchev–Trinajstić information content (AvgIpc) is 3.50. The first-order chi connectivity index (χ1) is 18.0. The minimum absolute atomic E-state index is 0.00992. The van der Waals surface area contributed by atoms with Gasteiger partial charge in [0.2, 0.25) is 0 Å². The Labute approximate surface area is 229 Å². The monoisotopic (exact) mass is 589 g/mol. The van der Waals surface area contributed by atoms with Gasteiger partial charge in [0.25, 0.3) is 0 Å². The van der Waals surface area contributed by atoms with Crippen LogP contribution in [-0.2, 0) is 9.47 Å². The Kier molecular flexibility index (Phi) is 7.13. The Morgan fingerprint density at radius 3 is 2.62 bits per heavy atom. The van der Waals surface area contributed by atoms with E-state index in [0.29, 0.717) is 35.6 Å². The number of likely N-dealkylation sites (N-methyl/N-ethyl adjacent to an activating group) is 1. The van der Waals surface area contributed by atoms with Gasteiger partial charge in [0.15, 0.2) is 17.6 Å². The summed E-state index contributed by atoms with van der Waals surface area (Å²) < 4.78 is 25.4. The van der Waals surface area contributed by atoms with Crippen LogP contribution < -0.4 is 14.8 Å². The lowest BCUT2D eigenvalue weighted by Crippen LogP contribution is -2.53. The molecule has 0 amide bonds. The van der Waals surface area contributed by atoms with Crippen LogP contribution in [0.5, 0.6) is 11.5 Å². The van der Waals surface area contributed by atoms with Crippen LogP contribution in [0, 0.1) is 0 Å². The third-order valence-electron chi connectivity index (χ3n) is 7.37. The third kappa shape index (κ3) is 4.98. The molecule has 0 bridgehead atoms. The molecule has 3 aliphatic rings. The molecule has 11 heteroatoms. The Morgan fingerprint density at radius 2 is 1.84 bits per heavy atom. The lowest BCUT2D eigenvalue weighted by molar-refractivity contribution is 0.0121. The Bertz CT molecular complexity index is 1290. The maximum atomic E-state index is 6.45. The zero-order valence-electron chi connectivity index (χ0n) is 20.7. The number of anilines is 2. The van der Waals surface area contributed by atoms with E-state index < -0.39 is 0 Å². The standard InChI is InChI=1S/C26H29BrClN5O4/c1-32-5-7-33(8-6-32)20-12-35-25-23(13-36-24(20)25)37-22-11-19-16(10-21(22)34-2)26(30-14-29-19)31-15-3-4-17(27)18(28)9-15/h3-4,9-11,14,20,23-25H,5-8,12-13H2,1-2H3,(H,29,30,31)/t20-,23-,24+,25+/m0/s1. The summed E-state index contributed by atoms with van der Waals surface area (Å²) >= 11 is 9.69. The number of ether oxygens (including phenoxy) is 4. The molecule has 4 atom stereocenters. The molecule has 9 nitrogen and oxygen atoms in total. The summed E-state index contributed by atoms with van der Waals surface area (Å²) in [5.41, 5.74) is 1.55. The van der Waals surface area contributed by atoms with Gasteiger partial charge in [-0.2, -0.15) is 0 Å². The van der Waals surface area contributed by atoms with Crippen molar-refractivity contribution >= 4 is 49.9 Å². The van der Waals surface area contributed by atoms with E-state index in [0.717, 1.165) is 47.2 Å². The largest absolute Gasteiger partial charge is 0.493 e. The molecule has 3 fully saturated rings. The highest BCUT2D eigenvalue weighted by Crippen LogP contribution is 2.39. The van der Waals surface area contributed by atoms with E-state index in [9.17, 15) is 0 Å². The Balaban J connectivity index is 1.21. The molecule has 2 aromatic carbocycles.